The fraction of sp³-hybridized carbons (Fsp3) is 0.697. The number of amides is 3. The van der Waals surface area contributed by atoms with E-state index in [4.69, 9.17) is 4.74 Å². The number of imidazole rings is 1. The van der Waals surface area contributed by atoms with Crippen LogP contribution in [0.15, 0.2) is 23.0 Å². The van der Waals surface area contributed by atoms with Crippen LogP contribution in [0.3, 0.4) is 0 Å². The van der Waals surface area contributed by atoms with E-state index in [1.807, 2.05) is 36.3 Å². The van der Waals surface area contributed by atoms with Crippen molar-refractivity contribution in [3.63, 3.8) is 0 Å². The van der Waals surface area contributed by atoms with Gasteiger partial charge in [-0.15, -0.1) is 0 Å². The number of imide groups is 1. The zero-order chi connectivity index (χ0) is 31.3. The van der Waals surface area contributed by atoms with Gasteiger partial charge in [-0.05, 0) is 83.4 Å². The van der Waals surface area contributed by atoms with Gasteiger partial charge in [0.25, 0.3) is 5.91 Å². The molecule has 4 fully saturated rings. The molecule has 4 heterocycles. The smallest absolute Gasteiger partial charge is 0.410 e. The van der Waals surface area contributed by atoms with Crippen LogP contribution in [0.1, 0.15) is 83.9 Å². The lowest BCUT2D eigenvalue weighted by Crippen LogP contribution is -2.53. The van der Waals surface area contributed by atoms with E-state index in [1.165, 1.54) is 17.5 Å². The first-order valence-corrected chi connectivity index (χ1v) is 16.4. The number of benzene rings is 1. The summed E-state index contributed by atoms with van der Waals surface area (Å²) < 4.78 is 9.08. The van der Waals surface area contributed by atoms with Crippen LogP contribution >= 0.6 is 0 Å². The Kier molecular flexibility index (Phi) is 8.38. The molecule has 0 radical (unpaired) electrons. The maximum atomic E-state index is 13.7. The number of carbonyl (C=O) groups excluding carboxylic acids is 3. The first-order chi connectivity index (χ1) is 20.9. The summed E-state index contributed by atoms with van der Waals surface area (Å²) in [5.41, 5.74) is 2.24. The molecule has 3 saturated heterocycles. The minimum Gasteiger partial charge on any atom is -0.444 e. The molecule has 240 valence electrons. The molecular formula is C33H48N6O5. The van der Waals surface area contributed by atoms with E-state index in [0.29, 0.717) is 18.4 Å². The molecular weight excluding hydrogens is 560 g/mol. The average Bonchev–Trinajstić information content (AvgIpc) is 3.76. The van der Waals surface area contributed by atoms with Gasteiger partial charge in [-0.25, -0.2) is 9.59 Å². The summed E-state index contributed by atoms with van der Waals surface area (Å²) in [6, 6.07) is 6.20. The number of rotatable bonds is 6. The summed E-state index contributed by atoms with van der Waals surface area (Å²) >= 11 is 0. The van der Waals surface area contributed by atoms with Crippen LogP contribution < -0.4 is 5.69 Å². The van der Waals surface area contributed by atoms with Crippen LogP contribution in [0.25, 0.3) is 11.0 Å². The number of aromatic nitrogens is 2. The number of fused-ring (bicyclic) bond motifs is 1. The van der Waals surface area contributed by atoms with Crippen LogP contribution in [0, 0.1) is 5.92 Å². The second kappa shape index (κ2) is 12.0. The standard InChI is InChI=1S/C33H48N6O5/c1-22-19-35(16-17-37(22)21-23-12-14-36(15-13-23)32(43)44-33(2,3)4)20-24-6-9-26-28(18-24)38(25-7-8-25)31(42)39(26)27-10-11-29(40)34(5)30(27)41/h6,9,18,22-23,25,27H,7-8,10-17,19-21H2,1-5H3/t22-,27?/m0/s1. The maximum Gasteiger partial charge on any atom is 0.410 e. The van der Waals surface area contributed by atoms with Gasteiger partial charge in [0, 0.05) is 71.4 Å². The molecule has 2 atom stereocenters. The Balaban J connectivity index is 1.08. The molecule has 2 aromatic rings. The third-order valence-corrected chi connectivity index (χ3v) is 9.83. The Morgan fingerprint density at radius 2 is 1.66 bits per heavy atom. The van der Waals surface area contributed by atoms with Gasteiger partial charge in [-0.1, -0.05) is 6.07 Å². The topological polar surface area (TPSA) is 100 Å². The van der Waals surface area contributed by atoms with E-state index in [2.05, 4.69) is 28.9 Å². The Morgan fingerprint density at radius 3 is 2.32 bits per heavy atom. The summed E-state index contributed by atoms with van der Waals surface area (Å²) in [7, 11) is 1.51. The largest absolute Gasteiger partial charge is 0.444 e. The van der Waals surface area contributed by atoms with E-state index in [0.717, 1.165) is 82.5 Å². The number of nitrogens with zero attached hydrogens (tertiary/aromatic N) is 6. The molecule has 44 heavy (non-hydrogen) atoms. The molecule has 1 aromatic carbocycles. The monoisotopic (exact) mass is 608 g/mol. The van der Waals surface area contributed by atoms with E-state index in [9.17, 15) is 19.2 Å². The minimum absolute atomic E-state index is 0.139. The summed E-state index contributed by atoms with van der Waals surface area (Å²) in [5.74, 6) is 0.0930. The number of likely N-dealkylation sites (N-methyl/N-ethyl adjacent to an activating group) is 1. The van der Waals surface area contributed by atoms with Gasteiger partial charge >= 0.3 is 11.8 Å². The molecule has 0 spiro atoms. The first-order valence-electron chi connectivity index (χ1n) is 16.4. The first kappa shape index (κ1) is 30.8. The van der Waals surface area contributed by atoms with Gasteiger partial charge in [-0.2, -0.15) is 0 Å². The summed E-state index contributed by atoms with van der Waals surface area (Å²) in [4.78, 5) is 59.4. The molecule has 11 nitrogen and oxygen atoms in total. The van der Waals surface area contributed by atoms with Crippen molar-refractivity contribution in [1.29, 1.82) is 0 Å². The quantitative estimate of drug-likeness (QED) is 0.462. The van der Waals surface area contributed by atoms with E-state index >= 15 is 0 Å². The number of likely N-dealkylation sites (tertiary alicyclic amines) is 2. The highest BCUT2D eigenvalue weighted by Gasteiger charge is 2.38. The van der Waals surface area contributed by atoms with Gasteiger partial charge in [0.05, 0.1) is 11.0 Å². The van der Waals surface area contributed by atoms with E-state index in [-0.39, 0.29) is 36.1 Å². The van der Waals surface area contributed by atoms with Crippen LogP contribution in [-0.4, -0.2) is 105 Å². The molecule has 1 aliphatic carbocycles. The Labute approximate surface area is 259 Å². The number of hydrogen-bond donors (Lipinski definition) is 0. The maximum absolute atomic E-state index is 13.7. The number of piperazine rings is 1. The Morgan fingerprint density at radius 1 is 0.932 bits per heavy atom. The molecule has 6 rings (SSSR count). The van der Waals surface area contributed by atoms with Crippen molar-refractivity contribution in [2.45, 2.75) is 96.5 Å². The van der Waals surface area contributed by atoms with Crippen molar-refractivity contribution in [2.75, 3.05) is 46.3 Å². The molecule has 3 aliphatic heterocycles. The minimum atomic E-state index is -0.642. The van der Waals surface area contributed by atoms with Crippen LogP contribution in [-0.2, 0) is 20.9 Å². The molecule has 1 unspecified atom stereocenters. The van der Waals surface area contributed by atoms with Gasteiger partial charge in [-0.3, -0.25) is 33.4 Å². The number of hydrogen-bond acceptors (Lipinski definition) is 7. The molecule has 1 saturated carbocycles. The van der Waals surface area contributed by atoms with Crippen LogP contribution in [0.4, 0.5) is 4.79 Å². The van der Waals surface area contributed by atoms with Gasteiger partial charge < -0.3 is 9.64 Å². The van der Waals surface area contributed by atoms with Gasteiger partial charge in [0.2, 0.25) is 5.91 Å². The van der Waals surface area contributed by atoms with E-state index < -0.39 is 11.6 Å². The molecule has 3 amide bonds. The fourth-order valence-electron chi connectivity index (χ4n) is 7.21. The predicted molar refractivity (Wildman–Crippen MR) is 167 cm³/mol. The van der Waals surface area contributed by atoms with Gasteiger partial charge in [0.1, 0.15) is 11.6 Å². The van der Waals surface area contributed by atoms with Crippen LogP contribution in [0.5, 0.6) is 0 Å². The number of ether oxygens (including phenoxy) is 1. The lowest BCUT2D eigenvalue weighted by Gasteiger charge is -2.42. The molecule has 11 heteroatoms. The SMILES string of the molecule is C[C@H]1CN(Cc2ccc3c(c2)n(C2CC2)c(=O)n3C2CCC(=O)N(C)C2=O)CCN1CC1CCN(C(=O)OC(C)(C)C)CC1. The average molecular weight is 609 g/mol. The van der Waals surface area contributed by atoms with Gasteiger partial charge in [0.15, 0.2) is 0 Å². The lowest BCUT2D eigenvalue weighted by atomic mass is 9.95. The second-order valence-electron chi connectivity index (χ2n) is 14.4. The van der Waals surface area contributed by atoms with Crippen molar-refractivity contribution in [1.82, 2.24) is 28.7 Å². The summed E-state index contributed by atoms with van der Waals surface area (Å²) in [5, 5.41) is 0. The highest BCUT2D eigenvalue weighted by Crippen LogP contribution is 2.38. The van der Waals surface area contributed by atoms with Crippen molar-refractivity contribution in [3.8, 4) is 0 Å². The molecule has 4 aliphatic rings. The third-order valence-electron chi connectivity index (χ3n) is 9.83. The Hall–Kier alpha value is -3.18. The fourth-order valence-corrected chi connectivity index (χ4v) is 7.21. The zero-order valence-corrected chi connectivity index (χ0v) is 27.0. The van der Waals surface area contributed by atoms with Crippen molar-refractivity contribution >= 4 is 28.9 Å². The highest BCUT2D eigenvalue weighted by molar-refractivity contribution is 5.99. The zero-order valence-electron chi connectivity index (χ0n) is 27.0. The highest BCUT2D eigenvalue weighted by atomic mass is 16.6. The van der Waals surface area contributed by atoms with Crippen LogP contribution in [0.2, 0.25) is 0 Å². The molecule has 1 aromatic heterocycles. The normalized spacial score (nSPS) is 24.8. The molecule has 0 bridgehead atoms. The summed E-state index contributed by atoms with van der Waals surface area (Å²) in [6.45, 7) is 14.4. The second-order valence-corrected chi connectivity index (χ2v) is 14.4. The third kappa shape index (κ3) is 6.31. The van der Waals surface area contributed by atoms with Crippen molar-refractivity contribution < 1.29 is 19.1 Å². The lowest BCUT2D eigenvalue weighted by molar-refractivity contribution is -0.149. The number of carbonyl (C=O) groups is 3. The van der Waals surface area contributed by atoms with E-state index in [1.54, 1.807) is 4.57 Å². The van der Waals surface area contributed by atoms with Crippen molar-refractivity contribution in [2.24, 2.45) is 5.92 Å². The Bertz CT molecular complexity index is 1480. The molecule has 0 N–H and O–H groups in total. The predicted octanol–water partition coefficient (Wildman–Crippen LogP) is 3.61. The summed E-state index contributed by atoms with van der Waals surface area (Å²) in [6.07, 6.45) is 4.38. The number of piperidine rings is 2. The van der Waals surface area contributed by atoms with Crippen molar-refractivity contribution in [3.05, 3.63) is 34.2 Å².